The zero-order valence-corrected chi connectivity index (χ0v) is 19.1. The molecule has 1 aromatic rings. The summed E-state index contributed by atoms with van der Waals surface area (Å²) in [5.41, 5.74) is 0.657. The molecular weight excluding hydrogens is 380 g/mol. The number of ether oxygens (including phenoxy) is 1. The van der Waals surface area contributed by atoms with Gasteiger partial charge in [0.1, 0.15) is 6.10 Å². The van der Waals surface area contributed by atoms with E-state index >= 15 is 0 Å². The maximum atomic E-state index is 12.3. The number of rotatable bonds is 8. The molecule has 2 atom stereocenters. The summed E-state index contributed by atoms with van der Waals surface area (Å²) in [6, 6.07) is 10.2. The molecule has 6 heteroatoms. The van der Waals surface area contributed by atoms with Gasteiger partial charge < -0.3 is 10.1 Å². The highest BCUT2D eigenvalue weighted by atomic mass is 16.7. The number of carbonyl (C=O) groups excluding carboxylic acids is 2. The standard InChI is InChI=1S/C24H36N2O4/c1-7-24(8-2)17-20(25-21(27)14-15-22(28)29-6)16-23(4,5)26(24)30-18(3)19-12-10-9-11-13-19/h9-15,18,20H,7-8,16-17H2,1-6H3,(H,25,27)/b15-14+. The molecular formula is C24H36N2O4. The first-order valence-electron chi connectivity index (χ1n) is 10.8. The number of hydroxylamine groups is 2. The Bertz CT molecular complexity index is 741. The third kappa shape index (κ3) is 5.70. The SMILES string of the molecule is CCC1(CC)CC(NC(=O)/C=C/C(=O)OC)CC(C)(C)N1OC(C)c1ccccc1. The lowest BCUT2D eigenvalue weighted by Gasteiger charge is -2.57. The molecule has 1 aliphatic rings. The van der Waals surface area contributed by atoms with Crippen LogP contribution >= 0.6 is 0 Å². The van der Waals surface area contributed by atoms with Gasteiger partial charge in [0.05, 0.1) is 7.11 Å². The van der Waals surface area contributed by atoms with E-state index in [-0.39, 0.29) is 29.1 Å². The first kappa shape index (κ1) is 24.1. The van der Waals surface area contributed by atoms with Gasteiger partial charge in [0.2, 0.25) is 5.91 Å². The quantitative estimate of drug-likeness (QED) is 0.505. The van der Waals surface area contributed by atoms with Gasteiger partial charge in [0.25, 0.3) is 0 Å². The van der Waals surface area contributed by atoms with Gasteiger partial charge in [-0.2, -0.15) is 5.06 Å². The summed E-state index contributed by atoms with van der Waals surface area (Å²) >= 11 is 0. The summed E-state index contributed by atoms with van der Waals surface area (Å²) in [6.07, 6.45) is 5.64. The van der Waals surface area contributed by atoms with Gasteiger partial charge in [-0.15, -0.1) is 0 Å². The molecule has 0 aliphatic carbocycles. The number of esters is 1. The summed E-state index contributed by atoms with van der Waals surface area (Å²) in [5.74, 6) is -0.825. The molecule has 166 valence electrons. The van der Waals surface area contributed by atoms with E-state index in [2.05, 4.69) is 61.9 Å². The molecule has 0 bridgehead atoms. The van der Waals surface area contributed by atoms with E-state index in [0.29, 0.717) is 0 Å². The average molecular weight is 417 g/mol. The van der Waals surface area contributed by atoms with Crippen LogP contribution < -0.4 is 5.32 Å². The Morgan fingerprint density at radius 3 is 2.37 bits per heavy atom. The van der Waals surface area contributed by atoms with Crippen molar-refractivity contribution in [3.63, 3.8) is 0 Å². The van der Waals surface area contributed by atoms with Gasteiger partial charge in [-0.1, -0.05) is 44.2 Å². The molecule has 2 rings (SSSR count). The van der Waals surface area contributed by atoms with E-state index in [1.807, 2.05) is 18.2 Å². The number of benzene rings is 1. The van der Waals surface area contributed by atoms with Crippen molar-refractivity contribution in [2.75, 3.05) is 7.11 Å². The number of amides is 1. The summed E-state index contributed by atoms with van der Waals surface area (Å²) < 4.78 is 4.55. The fourth-order valence-corrected chi connectivity index (χ4v) is 4.53. The van der Waals surface area contributed by atoms with Crippen LogP contribution in [-0.4, -0.2) is 41.2 Å². The highest BCUT2D eigenvalue weighted by molar-refractivity contribution is 5.94. The van der Waals surface area contributed by atoms with Crippen LogP contribution in [0.3, 0.4) is 0 Å². The Hall–Kier alpha value is -2.18. The van der Waals surface area contributed by atoms with Crippen LogP contribution in [0.4, 0.5) is 0 Å². The molecule has 1 saturated heterocycles. The number of nitrogens with zero attached hydrogens (tertiary/aromatic N) is 1. The second-order valence-corrected chi connectivity index (χ2v) is 8.67. The molecule has 1 amide bonds. The molecule has 0 aromatic heterocycles. The van der Waals surface area contributed by atoms with Crippen LogP contribution in [0.15, 0.2) is 42.5 Å². The topological polar surface area (TPSA) is 67.9 Å². The highest BCUT2D eigenvalue weighted by Gasteiger charge is 2.50. The van der Waals surface area contributed by atoms with Crippen molar-refractivity contribution in [3.8, 4) is 0 Å². The highest BCUT2D eigenvalue weighted by Crippen LogP contribution is 2.44. The van der Waals surface area contributed by atoms with E-state index in [9.17, 15) is 9.59 Å². The lowest BCUT2D eigenvalue weighted by atomic mass is 9.74. The lowest BCUT2D eigenvalue weighted by molar-refractivity contribution is -0.316. The van der Waals surface area contributed by atoms with E-state index in [4.69, 9.17) is 4.84 Å². The fourth-order valence-electron chi connectivity index (χ4n) is 4.53. The van der Waals surface area contributed by atoms with E-state index in [1.54, 1.807) is 0 Å². The van der Waals surface area contributed by atoms with Crippen molar-refractivity contribution in [2.24, 2.45) is 0 Å². The maximum Gasteiger partial charge on any atom is 0.330 e. The predicted molar refractivity (Wildman–Crippen MR) is 117 cm³/mol. The number of carbonyl (C=O) groups is 2. The normalized spacial score (nSPS) is 21.9. The molecule has 0 saturated carbocycles. The van der Waals surface area contributed by atoms with Crippen molar-refractivity contribution in [2.45, 2.75) is 83.5 Å². The number of hydrogen-bond acceptors (Lipinski definition) is 5. The molecule has 6 nitrogen and oxygen atoms in total. The molecule has 1 heterocycles. The molecule has 0 radical (unpaired) electrons. The molecule has 2 unspecified atom stereocenters. The Morgan fingerprint density at radius 1 is 1.17 bits per heavy atom. The lowest BCUT2D eigenvalue weighted by Crippen LogP contribution is -2.66. The van der Waals surface area contributed by atoms with Gasteiger partial charge in [0, 0.05) is 29.3 Å². The molecule has 1 fully saturated rings. The Morgan fingerprint density at radius 2 is 1.80 bits per heavy atom. The van der Waals surface area contributed by atoms with Crippen molar-refractivity contribution in [1.82, 2.24) is 10.4 Å². The van der Waals surface area contributed by atoms with Crippen molar-refractivity contribution >= 4 is 11.9 Å². The molecule has 30 heavy (non-hydrogen) atoms. The van der Waals surface area contributed by atoms with Gasteiger partial charge in [-0.05, 0) is 52.0 Å². The Balaban J connectivity index is 2.20. The van der Waals surface area contributed by atoms with Crippen molar-refractivity contribution in [3.05, 3.63) is 48.0 Å². The second kappa shape index (κ2) is 10.2. The number of piperidine rings is 1. The minimum Gasteiger partial charge on any atom is -0.466 e. The van der Waals surface area contributed by atoms with Gasteiger partial charge in [-0.3, -0.25) is 9.63 Å². The van der Waals surface area contributed by atoms with Crippen LogP contribution in [0.2, 0.25) is 0 Å². The van der Waals surface area contributed by atoms with Gasteiger partial charge >= 0.3 is 5.97 Å². The van der Waals surface area contributed by atoms with Crippen LogP contribution in [-0.2, 0) is 19.2 Å². The van der Waals surface area contributed by atoms with Crippen LogP contribution in [0.25, 0.3) is 0 Å². The zero-order valence-electron chi connectivity index (χ0n) is 19.1. The average Bonchev–Trinajstić information content (AvgIpc) is 2.73. The summed E-state index contributed by atoms with van der Waals surface area (Å²) in [7, 11) is 1.29. The van der Waals surface area contributed by atoms with Crippen molar-refractivity contribution in [1.29, 1.82) is 0 Å². The largest absolute Gasteiger partial charge is 0.466 e. The minimum atomic E-state index is -0.542. The predicted octanol–water partition coefficient (Wildman–Crippen LogP) is 4.33. The third-order valence-electron chi connectivity index (χ3n) is 6.12. The Labute approximate surface area is 180 Å². The Kier molecular flexibility index (Phi) is 8.21. The smallest absolute Gasteiger partial charge is 0.330 e. The monoisotopic (exact) mass is 416 g/mol. The summed E-state index contributed by atoms with van der Waals surface area (Å²) in [6.45, 7) is 10.7. The molecule has 1 aliphatic heterocycles. The summed E-state index contributed by atoms with van der Waals surface area (Å²) in [5, 5.41) is 5.25. The summed E-state index contributed by atoms with van der Waals surface area (Å²) in [4.78, 5) is 30.2. The van der Waals surface area contributed by atoms with Crippen molar-refractivity contribution < 1.29 is 19.2 Å². The maximum absolute atomic E-state index is 12.3. The third-order valence-corrected chi connectivity index (χ3v) is 6.12. The second-order valence-electron chi connectivity index (χ2n) is 8.67. The molecule has 1 N–H and O–H groups in total. The number of hydrogen-bond donors (Lipinski definition) is 1. The van der Waals surface area contributed by atoms with Crippen LogP contribution in [0, 0.1) is 0 Å². The first-order chi connectivity index (χ1) is 14.2. The molecule has 0 spiro atoms. The van der Waals surface area contributed by atoms with E-state index in [0.717, 1.165) is 37.3 Å². The number of nitrogens with one attached hydrogen (secondary N) is 1. The fraction of sp³-hybridized carbons (Fsp3) is 0.583. The van der Waals surface area contributed by atoms with Crippen LogP contribution in [0.1, 0.15) is 72.0 Å². The van der Waals surface area contributed by atoms with Crippen LogP contribution in [0.5, 0.6) is 0 Å². The van der Waals surface area contributed by atoms with Gasteiger partial charge in [-0.25, -0.2) is 4.79 Å². The van der Waals surface area contributed by atoms with E-state index < -0.39 is 5.97 Å². The van der Waals surface area contributed by atoms with E-state index in [1.165, 1.54) is 13.2 Å². The molecule has 1 aromatic carbocycles. The first-order valence-corrected chi connectivity index (χ1v) is 10.8. The van der Waals surface area contributed by atoms with Gasteiger partial charge in [0.15, 0.2) is 0 Å². The number of methoxy groups -OCH3 is 1. The minimum absolute atomic E-state index is 0.0124. The zero-order chi connectivity index (χ0) is 22.4.